The molecule has 6 nitrogen and oxygen atoms in total. The summed E-state index contributed by atoms with van der Waals surface area (Å²) < 4.78 is 10.4. The van der Waals surface area contributed by atoms with Crippen LogP contribution in [0.2, 0.25) is 0 Å². The van der Waals surface area contributed by atoms with Gasteiger partial charge in [0, 0.05) is 12.4 Å². The molecule has 0 spiro atoms. The van der Waals surface area contributed by atoms with Crippen LogP contribution in [0.25, 0.3) is 0 Å². The Bertz CT molecular complexity index is 354. The molecule has 6 heteroatoms. The summed E-state index contributed by atoms with van der Waals surface area (Å²) in [6.45, 7) is 4.44. The number of carbonyl (C=O) groups is 1. The summed E-state index contributed by atoms with van der Waals surface area (Å²) in [5.41, 5.74) is -0.188. The van der Waals surface area contributed by atoms with E-state index in [-0.39, 0.29) is 24.3 Å². The van der Waals surface area contributed by atoms with Crippen LogP contribution >= 0.6 is 0 Å². The standard InChI is InChI=1S/C10H14N2O4/c1-7(2)15-5-6-16-9-8(10(13)14)11-3-4-12-9/h3-4,7H,5-6H2,1-2H3,(H,13,14). The smallest absolute Gasteiger partial charge is 0.360 e. The van der Waals surface area contributed by atoms with Crippen molar-refractivity contribution in [2.45, 2.75) is 20.0 Å². The second-order valence-corrected chi connectivity index (χ2v) is 3.28. The molecule has 0 saturated carbocycles. The summed E-state index contributed by atoms with van der Waals surface area (Å²) in [5.74, 6) is -1.14. The van der Waals surface area contributed by atoms with Crippen LogP contribution in [0.15, 0.2) is 12.4 Å². The van der Waals surface area contributed by atoms with Crippen molar-refractivity contribution in [2.75, 3.05) is 13.2 Å². The highest BCUT2D eigenvalue weighted by Crippen LogP contribution is 2.10. The zero-order chi connectivity index (χ0) is 12.0. The Hall–Kier alpha value is -1.69. The van der Waals surface area contributed by atoms with Crippen LogP contribution in [0.5, 0.6) is 5.88 Å². The number of aromatic carboxylic acids is 1. The molecule has 16 heavy (non-hydrogen) atoms. The molecule has 0 bridgehead atoms. The maximum absolute atomic E-state index is 10.7. The molecule has 0 fully saturated rings. The SMILES string of the molecule is CC(C)OCCOc1nccnc1C(=O)O. The molecule has 0 amide bonds. The minimum atomic E-state index is -1.16. The normalized spacial score (nSPS) is 10.4. The second kappa shape index (κ2) is 6.02. The second-order valence-electron chi connectivity index (χ2n) is 3.28. The number of rotatable bonds is 6. The summed E-state index contributed by atoms with van der Waals surface area (Å²) >= 11 is 0. The lowest BCUT2D eigenvalue weighted by atomic mass is 10.4. The lowest BCUT2D eigenvalue weighted by Crippen LogP contribution is -2.14. The fraction of sp³-hybridized carbons (Fsp3) is 0.500. The average Bonchev–Trinajstić information content (AvgIpc) is 2.24. The molecular weight excluding hydrogens is 212 g/mol. The molecule has 1 aromatic rings. The van der Waals surface area contributed by atoms with E-state index in [1.54, 1.807) is 0 Å². The summed E-state index contributed by atoms with van der Waals surface area (Å²) in [6.07, 6.45) is 2.80. The maximum Gasteiger partial charge on any atom is 0.360 e. The molecule has 1 aromatic heterocycles. The Balaban J connectivity index is 2.50. The quantitative estimate of drug-likeness (QED) is 0.728. The molecule has 1 N–H and O–H groups in total. The monoisotopic (exact) mass is 226 g/mol. The average molecular weight is 226 g/mol. The van der Waals surface area contributed by atoms with Crippen molar-refractivity contribution < 1.29 is 19.4 Å². The van der Waals surface area contributed by atoms with Crippen molar-refractivity contribution >= 4 is 5.97 Å². The largest absolute Gasteiger partial charge is 0.476 e. The van der Waals surface area contributed by atoms with Gasteiger partial charge in [0.25, 0.3) is 0 Å². The van der Waals surface area contributed by atoms with Crippen LogP contribution in [-0.4, -0.2) is 40.4 Å². The molecule has 0 aliphatic heterocycles. The van der Waals surface area contributed by atoms with E-state index in [1.807, 2.05) is 13.8 Å². The number of carboxylic acids is 1. The minimum absolute atomic E-state index is 0.0161. The maximum atomic E-state index is 10.7. The van der Waals surface area contributed by atoms with Crippen molar-refractivity contribution in [3.63, 3.8) is 0 Å². The number of carboxylic acid groups (broad SMARTS) is 1. The molecule has 0 aromatic carbocycles. The van der Waals surface area contributed by atoms with E-state index >= 15 is 0 Å². The van der Waals surface area contributed by atoms with Gasteiger partial charge < -0.3 is 14.6 Å². The van der Waals surface area contributed by atoms with E-state index in [0.29, 0.717) is 6.61 Å². The molecule has 0 unspecified atom stereocenters. The first-order valence-electron chi connectivity index (χ1n) is 4.90. The number of hydrogen-bond donors (Lipinski definition) is 1. The van der Waals surface area contributed by atoms with Gasteiger partial charge in [0.2, 0.25) is 11.6 Å². The summed E-state index contributed by atoms with van der Waals surface area (Å²) in [6, 6.07) is 0. The Morgan fingerprint density at radius 2 is 2.06 bits per heavy atom. The van der Waals surface area contributed by atoms with E-state index in [2.05, 4.69) is 9.97 Å². The molecular formula is C10H14N2O4. The molecule has 88 valence electrons. The van der Waals surface area contributed by atoms with Crippen molar-refractivity contribution in [3.8, 4) is 5.88 Å². The number of hydrogen-bond acceptors (Lipinski definition) is 5. The zero-order valence-corrected chi connectivity index (χ0v) is 9.21. The third kappa shape index (κ3) is 3.82. The Morgan fingerprint density at radius 1 is 1.38 bits per heavy atom. The van der Waals surface area contributed by atoms with Gasteiger partial charge in [-0.05, 0) is 13.8 Å². The first-order valence-corrected chi connectivity index (χ1v) is 4.90. The van der Waals surface area contributed by atoms with Gasteiger partial charge in [0.15, 0.2) is 0 Å². The van der Waals surface area contributed by atoms with Gasteiger partial charge in [-0.2, -0.15) is 0 Å². The Labute approximate surface area is 93.2 Å². The van der Waals surface area contributed by atoms with Crippen molar-refractivity contribution in [1.29, 1.82) is 0 Å². The topological polar surface area (TPSA) is 81.5 Å². The fourth-order valence-corrected chi connectivity index (χ4v) is 1.000. The first kappa shape index (κ1) is 12.4. The van der Waals surface area contributed by atoms with Crippen LogP contribution in [0.3, 0.4) is 0 Å². The lowest BCUT2D eigenvalue weighted by molar-refractivity contribution is 0.0524. The summed E-state index contributed by atoms with van der Waals surface area (Å²) in [4.78, 5) is 18.2. The molecule has 0 radical (unpaired) electrons. The van der Waals surface area contributed by atoms with Crippen LogP contribution in [0.1, 0.15) is 24.3 Å². The van der Waals surface area contributed by atoms with E-state index in [1.165, 1.54) is 12.4 Å². The Kier molecular flexibility index (Phi) is 4.65. The van der Waals surface area contributed by atoms with E-state index < -0.39 is 5.97 Å². The third-order valence-corrected chi connectivity index (χ3v) is 1.64. The first-order chi connectivity index (χ1) is 7.61. The molecule has 0 atom stereocenters. The van der Waals surface area contributed by atoms with Gasteiger partial charge in [-0.1, -0.05) is 0 Å². The highest BCUT2D eigenvalue weighted by atomic mass is 16.5. The molecule has 1 heterocycles. The number of ether oxygens (including phenoxy) is 2. The van der Waals surface area contributed by atoms with E-state index in [9.17, 15) is 4.79 Å². The lowest BCUT2D eigenvalue weighted by Gasteiger charge is -2.09. The third-order valence-electron chi connectivity index (χ3n) is 1.64. The molecule has 0 aliphatic carbocycles. The van der Waals surface area contributed by atoms with Gasteiger partial charge >= 0.3 is 5.97 Å². The minimum Gasteiger partial charge on any atom is -0.476 e. The van der Waals surface area contributed by atoms with Crippen molar-refractivity contribution in [2.24, 2.45) is 0 Å². The van der Waals surface area contributed by atoms with Crippen LogP contribution in [0, 0.1) is 0 Å². The number of aromatic nitrogens is 2. The predicted octanol–water partition coefficient (Wildman–Crippen LogP) is 0.979. The van der Waals surface area contributed by atoms with Gasteiger partial charge in [0.1, 0.15) is 6.61 Å². The molecule has 1 rings (SSSR count). The van der Waals surface area contributed by atoms with E-state index in [4.69, 9.17) is 14.6 Å². The van der Waals surface area contributed by atoms with Crippen LogP contribution < -0.4 is 4.74 Å². The molecule has 0 saturated heterocycles. The summed E-state index contributed by atoms with van der Waals surface area (Å²) in [7, 11) is 0. The van der Waals surface area contributed by atoms with Gasteiger partial charge in [0.05, 0.1) is 12.7 Å². The van der Waals surface area contributed by atoms with E-state index in [0.717, 1.165) is 0 Å². The van der Waals surface area contributed by atoms with Crippen molar-refractivity contribution in [3.05, 3.63) is 18.1 Å². The fourth-order valence-electron chi connectivity index (χ4n) is 1.000. The van der Waals surface area contributed by atoms with Gasteiger partial charge in [-0.3, -0.25) is 0 Å². The van der Waals surface area contributed by atoms with Gasteiger partial charge in [-0.25, -0.2) is 14.8 Å². The van der Waals surface area contributed by atoms with Crippen LogP contribution in [-0.2, 0) is 4.74 Å². The van der Waals surface area contributed by atoms with Crippen molar-refractivity contribution in [1.82, 2.24) is 9.97 Å². The zero-order valence-electron chi connectivity index (χ0n) is 9.21. The highest BCUT2D eigenvalue weighted by molar-refractivity contribution is 5.87. The van der Waals surface area contributed by atoms with Gasteiger partial charge in [-0.15, -0.1) is 0 Å². The summed E-state index contributed by atoms with van der Waals surface area (Å²) in [5, 5.41) is 8.80. The molecule has 0 aliphatic rings. The predicted molar refractivity (Wildman–Crippen MR) is 55.6 cm³/mol. The van der Waals surface area contributed by atoms with Crippen LogP contribution in [0.4, 0.5) is 0 Å². The Morgan fingerprint density at radius 3 is 2.69 bits per heavy atom. The number of nitrogens with zero attached hydrogens (tertiary/aromatic N) is 2. The highest BCUT2D eigenvalue weighted by Gasteiger charge is 2.13.